The molecule has 0 saturated carbocycles. The number of carboxylic acid groups (broad SMARTS) is 1. The first-order chi connectivity index (χ1) is 9.92. The molecule has 1 aromatic heterocycles. The van der Waals surface area contributed by atoms with Gasteiger partial charge in [-0.2, -0.15) is 0 Å². The molecule has 1 rings (SSSR count). The summed E-state index contributed by atoms with van der Waals surface area (Å²) < 4.78 is 0. The first-order valence-corrected chi connectivity index (χ1v) is 7.07. The number of hydrogen-bond acceptors (Lipinski definition) is 4. The van der Waals surface area contributed by atoms with Crippen molar-refractivity contribution in [3.05, 3.63) is 29.6 Å². The molecular weight excluding hydrogens is 270 g/mol. The number of carboxylic acids is 1. The lowest BCUT2D eigenvalue weighted by Gasteiger charge is -2.16. The van der Waals surface area contributed by atoms with Crippen LogP contribution in [0.25, 0.3) is 0 Å². The van der Waals surface area contributed by atoms with Crippen LogP contribution in [0.4, 0.5) is 0 Å². The summed E-state index contributed by atoms with van der Waals surface area (Å²) in [6, 6.07) is 3.07. The minimum absolute atomic E-state index is 0.00907. The van der Waals surface area contributed by atoms with Gasteiger partial charge in [-0.05, 0) is 36.4 Å². The number of carbonyl (C=O) groups is 2. The van der Waals surface area contributed by atoms with Gasteiger partial charge in [0.2, 0.25) is 5.91 Å². The Labute approximate surface area is 124 Å². The molecule has 0 spiro atoms. The lowest BCUT2D eigenvalue weighted by molar-refractivity contribution is -0.122. The Balaban J connectivity index is 2.43. The average molecular weight is 293 g/mol. The Kier molecular flexibility index (Phi) is 6.81. The molecule has 1 atom stereocenters. The van der Waals surface area contributed by atoms with E-state index in [0.29, 0.717) is 25.4 Å². The summed E-state index contributed by atoms with van der Waals surface area (Å²) in [5.41, 5.74) is 6.43. The minimum atomic E-state index is -1.06. The summed E-state index contributed by atoms with van der Waals surface area (Å²) in [5.74, 6) is -0.407. The fraction of sp³-hybridized carbons (Fsp3) is 0.533. The number of carbonyl (C=O) groups excluding carboxylic acids is 1. The molecule has 4 N–H and O–H groups in total. The van der Waals surface area contributed by atoms with Crippen molar-refractivity contribution >= 4 is 11.9 Å². The third-order valence-electron chi connectivity index (χ3n) is 3.15. The Morgan fingerprint density at radius 2 is 2.10 bits per heavy atom. The highest BCUT2D eigenvalue weighted by atomic mass is 16.4. The van der Waals surface area contributed by atoms with E-state index in [1.807, 2.05) is 0 Å². The molecule has 6 nitrogen and oxygen atoms in total. The summed E-state index contributed by atoms with van der Waals surface area (Å²) in [6.45, 7) is 5.05. The molecule has 116 valence electrons. The maximum Gasteiger partial charge on any atom is 0.354 e. The number of pyridine rings is 1. The van der Waals surface area contributed by atoms with Gasteiger partial charge in [-0.15, -0.1) is 0 Å². The van der Waals surface area contributed by atoms with E-state index in [9.17, 15) is 9.59 Å². The normalized spacial score (nSPS) is 12.2. The molecule has 0 aliphatic carbocycles. The van der Waals surface area contributed by atoms with E-state index in [1.54, 1.807) is 6.07 Å². The smallest absolute Gasteiger partial charge is 0.354 e. The van der Waals surface area contributed by atoms with Crippen LogP contribution in [0.1, 0.15) is 42.7 Å². The van der Waals surface area contributed by atoms with Crippen LogP contribution in [0.15, 0.2) is 18.3 Å². The second kappa shape index (κ2) is 8.36. The number of rotatable bonds is 8. The molecule has 0 bridgehead atoms. The summed E-state index contributed by atoms with van der Waals surface area (Å²) in [6.07, 6.45) is 2.80. The molecule has 0 saturated heterocycles. The van der Waals surface area contributed by atoms with E-state index >= 15 is 0 Å². The van der Waals surface area contributed by atoms with Crippen molar-refractivity contribution in [1.29, 1.82) is 0 Å². The number of nitrogens with two attached hydrogens (primary N) is 1. The molecule has 1 heterocycles. The van der Waals surface area contributed by atoms with Crippen LogP contribution in [0.2, 0.25) is 0 Å². The summed E-state index contributed by atoms with van der Waals surface area (Å²) in [5, 5.41) is 11.6. The van der Waals surface area contributed by atoms with Gasteiger partial charge >= 0.3 is 5.97 Å². The number of nitrogens with zero attached hydrogens (tertiary/aromatic N) is 1. The number of nitrogens with one attached hydrogen (secondary N) is 1. The van der Waals surface area contributed by atoms with Gasteiger partial charge in [-0.1, -0.05) is 19.9 Å². The molecule has 0 fully saturated rings. The van der Waals surface area contributed by atoms with Gasteiger partial charge in [0.1, 0.15) is 5.69 Å². The van der Waals surface area contributed by atoms with Gasteiger partial charge < -0.3 is 16.2 Å². The predicted octanol–water partition coefficient (Wildman–Crippen LogP) is 1.41. The highest BCUT2D eigenvalue weighted by Gasteiger charge is 2.14. The second-order valence-corrected chi connectivity index (χ2v) is 5.57. The third-order valence-corrected chi connectivity index (χ3v) is 3.15. The van der Waals surface area contributed by atoms with Crippen molar-refractivity contribution in [3.8, 4) is 0 Å². The quantitative estimate of drug-likeness (QED) is 0.672. The zero-order valence-corrected chi connectivity index (χ0v) is 12.5. The Bertz CT molecular complexity index is 472. The highest BCUT2D eigenvalue weighted by Crippen LogP contribution is 2.14. The standard InChI is InChI=1S/C15H23N3O3/c1-10(2)5-12(7-16)6-14(19)18-9-11-3-4-13(15(20)21)17-8-11/h3-4,8,10,12H,5-7,9,16H2,1-2H3,(H,18,19)(H,20,21)/t12-/m0/s1. The van der Waals surface area contributed by atoms with Crippen molar-refractivity contribution in [1.82, 2.24) is 10.3 Å². The molecule has 0 aliphatic rings. The molecule has 1 aromatic rings. The molecule has 21 heavy (non-hydrogen) atoms. The van der Waals surface area contributed by atoms with Gasteiger partial charge in [-0.25, -0.2) is 9.78 Å². The molecular formula is C15H23N3O3. The Morgan fingerprint density at radius 1 is 1.38 bits per heavy atom. The summed E-state index contributed by atoms with van der Waals surface area (Å²) >= 11 is 0. The molecule has 0 unspecified atom stereocenters. The largest absolute Gasteiger partial charge is 0.477 e. The minimum Gasteiger partial charge on any atom is -0.477 e. The highest BCUT2D eigenvalue weighted by molar-refractivity contribution is 5.85. The van der Waals surface area contributed by atoms with E-state index in [-0.39, 0.29) is 17.5 Å². The number of aromatic carboxylic acids is 1. The van der Waals surface area contributed by atoms with Crippen LogP contribution in [-0.2, 0) is 11.3 Å². The maximum atomic E-state index is 11.9. The van der Waals surface area contributed by atoms with Crippen LogP contribution in [0.5, 0.6) is 0 Å². The maximum absolute atomic E-state index is 11.9. The number of aromatic nitrogens is 1. The van der Waals surface area contributed by atoms with Gasteiger partial charge in [0.25, 0.3) is 0 Å². The number of amides is 1. The lowest BCUT2D eigenvalue weighted by Crippen LogP contribution is -2.28. The Hall–Kier alpha value is -1.95. The topological polar surface area (TPSA) is 105 Å². The Morgan fingerprint density at radius 3 is 2.57 bits per heavy atom. The molecule has 1 amide bonds. The van der Waals surface area contributed by atoms with Crippen LogP contribution < -0.4 is 11.1 Å². The molecule has 6 heteroatoms. The SMILES string of the molecule is CC(C)C[C@H](CN)CC(=O)NCc1ccc(C(=O)O)nc1. The molecule has 0 aromatic carbocycles. The summed E-state index contributed by atoms with van der Waals surface area (Å²) in [7, 11) is 0. The number of hydrogen-bond donors (Lipinski definition) is 3. The van der Waals surface area contributed by atoms with E-state index in [1.165, 1.54) is 12.3 Å². The lowest BCUT2D eigenvalue weighted by atomic mass is 9.94. The molecule has 0 aliphatic heterocycles. The van der Waals surface area contributed by atoms with Crippen molar-refractivity contribution < 1.29 is 14.7 Å². The first-order valence-electron chi connectivity index (χ1n) is 7.07. The summed E-state index contributed by atoms with van der Waals surface area (Å²) in [4.78, 5) is 26.3. The third kappa shape index (κ3) is 6.35. The monoisotopic (exact) mass is 293 g/mol. The van der Waals surface area contributed by atoms with Crippen molar-refractivity contribution in [2.24, 2.45) is 17.6 Å². The van der Waals surface area contributed by atoms with Gasteiger partial charge in [0.05, 0.1) is 0 Å². The second-order valence-electron chi connectivity index (χ2n) is 5.57. The zero-order valence-electron chi connectivity index (χ0n) is 12.5. The van der Waals surface area contributed by atoms with Gasteiger partial charge in [0.15, 0.2) is 0 Å². The predicted molar refractivity (Wildman–Crippen MR) is 79.7 cm³/mol. The zero-order chi connectivity index (χ0) is 15.8. The van der Waals surface area contributed by atoms with Crippen LogP contribution in [-0.4, -0.2) is 28.5 Å². The van der Waals surface area contributed by atoms with Crippen molar-refractivity contribution in [2.75, 3.05) is 6.54 Å². The van der Waals surface area contributed by atoms with E-state index < -0.39 is 5.97 Å². The van der Waals surface area contributed by atoms with E-state index in [2.05, 4.69) is 24.1 Å². The van der Waals surface area contributed by atoms with E-state index in [0.717, 1.165) is 12.0 Å². The fourth-order valence-corrected chi connectivity index (χ4v) is 2.12. The van der Waals surface area contributed by atoms with Crippen LogP contribution in [0.3, 0.4) is 0 Å². The van der Waals surface area contributed by atoms with Gasteiger partial charge in [-0.3, -0.25) is 4.79 Å². The van der Waals surface area contributed by atoms with E-state index in [4.69, 9.17) is 10.8 Å². The molecule has 0 radical (unpaired) electrons. The first kappa shape index (κ1) is 17.1. The van der Waals surface area contributed by atoms with Crippen LogP contribution >= 0.6 is 0 Å². The average Bonchev–Trinajstić information content (AvgIpc) is 2.44. The fourth-order valence-electron chi connectivity index (χ4n) is 2.12. The van der Waals surface area contributed by atoms with Crippen molar-refractivity contribution in [3.63, 3.8) is 0 Å². The van der Waals surface area contributed by atoms with Gasteiger partial charge in [0, 0.05) is 19.2 Å². The van der Waals surface area contributed by atoms with Crippen molar-refractivity contribution in [2.45, 2.75) is 33.2 Å². The van der Waals surface area contributed by atoms with Crippen LogP contribution in [0, 0.1) is 11.8 Å².